The highest BCUT2D eigenvalue weighted by Gasteiger charge is 2.12. The Kier molecular flexibility index (Phi) is 4.14. The van der Waals surface area contributed by atoms with E-state index in [2.05, 4.69) is 10.3 Å². The van der Waals surface area contributed by atoms with Crippen LogP contribution < -0.4 is 5.32 Å². The largest absolute Gasteiger partial charge is 0.477 e. The molecule has 0 spiro atoms. The summed E-state index contributed by atoms with van der Waals surface area (Å²) < 4.78 is 1.84. The second-order valence-corrected chi connectivity index (χ2v) is 4.25. The van der Waals surface area contributed by atoms with Crippen molar-refractivity contribution in [3.63, 3.8) is 0 Å². The maximum absolute atomic E-state index is 12.1. The van der Waals surface area contributed by atoms with Crippen molar-refractivity contribution in [2.75, 3.05) is 5.32 Å². The van der Waals surface area contributed by atoms with Gasteiger partial charge in [-0.1, -0.05) is 13.0 Å². The maximum atomic E-state index is 12.1. The molecule has 6 nitrogen and oxygen atoms in total. The topological polar surface area (TPSA) is 84.2 Å². The molecule has 0 aromatic carbocycles. The summed E-state index contributed by atoms with van der Waals surface area (Å²) in [6.45, 7) is 2.78. The van der Waals surface area contributed by atoms with E-state index in [1.807, 2.05) is 17.7 Å². The standard InChI is InChI=1S/C14H15N3O3/c1-2-8-17-9-4-6-11(17)13(18)16-12-7-3-5-10(15-12)14(19)20/h3-7,9H,2,8H2,1H3,(H,19,20)(H,15,16,18). The molecule has 0 saturated heterocycles. The van der Waals surface area contributed by atoms with Crippen LogP contribution in [0.1, 0.15) is 34.3 Å². The van der Waals surface area contributed by atoms with Gasteiger partial charge in [-0.05, 0) is 30.7 Å². The monoisotopic (exact) mass is 273 g/mol. The highest BCUT2D eigenvalue weighted by atomic mass is 16.4. The summed E-state index contributed by atoms with van der Waals surface area (Å²) in [5, 5.41) is 11.5. The quantitative estimate of drug-likeness (QED) is 0.875. The van der Waals surface area contributed by atoms with Gasteiger partial charge < -0.3 is 15.0 Å². The number of pyridine rings is 1. The number of aryl methyl sites for hydroxylation is 1. The Morgan fingerprint density at radius 3 is 2.80 bits per heavy atom. The van der Waals surface area contributed by atoms with Gasteiger partial charge in [0.05, 0.1) is 0 Å². The summed E-state index contributed by atoms with van der Waals surface area (Å²) in [4.78, 5) is 26.8. The molecule has 6 heteroatoms. The van der Waals surface area contributed by atoms with Crippen molar-refractivity contribution in [2.24, 2.45) is 0 Å². The number of carbonyl (C=O) groups is 2. The summed E-state index contributed by atoms with van der Waals surface area (Å²) in [5.74, 6) is -1.21. The van der Waals surface area contributed by atoms with E-state index in [0.29, 0.717) is 5.69 Å². The molecule has 2 N–H and O–H groups in total. The van der Waals surface area contributed by atoms with Crippen molar-refractivity contribution in [3.8, 4) is 0 Å². The fraction of sp³-hybridized carbons (Fsp3) is 0.214. The van der Waals surface area contributed by atoms with Crippen molar-refractivity contribution < 1.29 is 14.7 Å². The second kappa shape index (κ2) is 6.01. The lowest BCUT2D eigenvalue weighted by Gasteiger charge is -2.08. The molecule has 0 bridgehead atoms. The van der Waals surface area contributed by atoms with Gasteiger partial charge in [-0.3, -0.25) is 4.79 Å². The van der Waals surface area contributed by atoms with Gasteiger partial charge in [0.15, 0.2) is 5.69 Å². The van der Waals surface area contributed by atoms with Gasteiger partial charge in [0, 0.05) is 12.7 Å². The molecule has 2 heterocycles. The minimum Gasteiger partial charge on any atom is -0.477 e. The van der Waals surface area contributed by atoms with Gasteiger partial charge in [-0.2, -0.15) is 0 Å². The summed E-state index contributed by atoms with van der Waals surface area (Å²) in [6.07, 6.45) is 2.75. The zero-order valence-corrected chi connectivity index (χ0v) is 11.0. The van der Waals surface area contributed by atoms with Gasteiger partial charge in [0.2, 0.25) is 0 Å². The van der Waals surface area contributed by atoms with Crippen LogP contribution >= 0.6 is 0 Å². The van der Waals surface area contributed by atoms with Crippen molar-refractivity contribution in [2.45, 2.75) is 19.9 Å². The Balaban J connectivity index is 2.17. The Morgan fingerprint density at radius 1 is 1.30 bits per heavy atom. The first-order valence-corrected chi connectivity index (χ1v) is 6.28. The number of aromatic carboxylic acids is 1. The Hall–Kier alpha value is -2.63. The number of rotatable bonds is 5. The molecule has 0 fully saturated rings. The van der Waals surface area contributed by atoms with Gasteiger partial charge in [0.1, 0.15) is 11.5 Å². The predicted molar refractivity (Wildman–Crippen MR) is 73.9 cm³/mol. The van der Waals surface area contributed by atoms with Crippen LogP contribution in [0.5, 0.6) is 0 Å². The van der Waals surface area contributed by atoms with Crippen LogP contribution in [0.4, 0.5) is 5.82 Å². The zero-order chi connectivity index (χ0) is 14.5. The van der Waals surface area contributed by atoms with E-state index in [1.54, 1.807) is 18.2 Å². The van der Waals surface area contributed by atoms with E-state index in [0.717, 1.165) is 13.0 Å². The van der Waals surface area contributed by atoms with Gasteiger partial charge >= 0.3 is 5.97 Å². The minimum absolute atomic E-state index is 0.105. The fourth-order valence-corrected chi connectivity index (χ4v) is 1.86. The lowest BCUT2D eigenvalue weighted by atomic mass is 10.3. The second-order valence-electron chi connectivity index (χ2n) is 4.25. The van der Waals surface area contributed by atoms with Crippen LogP contribution in [0.25, 0.3) is 0 Å². The van der Waals surface area contributed by atoms with E-state index in [-0.39, 0.29) is 17.4 Å². The normalized spacial score (nSPS) is 10.2. The minimum atomic E-state index is -1.13. The number of nitrogens with one attached hydrogen (secondary N) is 1. The summed E-state index contributed by atoms with van der Waals surface area (Å²) in [5.41, 5.74) is 0.418. The van der Waals surface area contributed by atoms with Crippen LogP contribution in [-0.2, 0) is 6.54 Å². The molecule has 20 heavy (non-hydrogen) atoms. The third-order valence-corrected chi connectivity index (χ3v) is 2.74. The SMILES string of the molecule is CCCn1cccc1C(=O)Nc1cccc(C(=O)O)n1. The first kappa shape index (κ1) is 13.8. The predicted octanol–water partition coefficient (Wildman–Crippen LogP) is 2.24. The van der Waals surface area contributed by atoms with E-state index in [1.165, 1.54) is 12.1 Å². The summed E-state index contributed by atoms with van der Waals surface area (Å²) in [6, 6.07) is 7.98. The van der Waals surface area contributed by atoms with Crippen LogP contribution in [-0.4, -0.2) is 26.5 Å². The highest BCUT2D eigenvalue weighted by molar-refractivity contribution is 6.02. The summed E-state index contributed by atoms with van der Waals surface area (Å²) >= 11 is 0. The molecule has 0 aliphatic rings. The summed E-state index contributed by atoms with van der Waals surface area (Å²) in [7, 11) is 0. The third kappa shape index (κ3) is 3.03. The number of carboxylic acids is 1. The number of carbonyl (C=O) groups excluding carboxylic acids is 1. The van der Waals surface area contributed by atoms with Crippen molar-refractivity contribution in [1.29, 1.82) is 0 Å². The number of hydrogen-bond donors (Lipinski definition) is 2. The molecule has 1 amide bonds. The average Bonchev–Trinajstić information content (AvgIpc) is 2.88. The molecule has 2 aromatic heterocycles. The number of aromatic nitrogens is 2. The number of anilines is 1. The first-order valence-electron chi connectivity index (χ1n) is 6.28. The van der Waals surface area contributed by atoms with Gasteiger partial charge in [-0.25, -0.2) is 9.78 Å². The average molecular weight is 273 g/mol. The number of carboxylic acid groups (broad SMARTS) is 1. The molecule has 0 aliphatic heterocycles. The van der Waals surface area contributed by atoms with E-state index >= 15 is 0 Å². The number of amides is 1. The van der Waals surface area contributed by atoms with Crippen LogP contribution in [0.2, 0.25) is 0 Å². The van der Waals surface area contributed by atoms with Gasteiger partial charge in [0.25, 0.3) is 5.91 Å². The molecule has 2 rings (SSSR count). The van der Waals surface area contributed by atoms with E-state index in [9.17, 15) is 9.59 Å². The molecule has 0 atom stereocenters. The highest BCUT2D eigenvalue weighted by Crippen LogP contribution is 2.09. The molecule has 0 saturated carbocycles. The smallest absolute Gasteiger partial charge is 0.354 e. The van der Waals surface area contributed by atoms with Crippen LogP contribution in [0.3, 0.4) is 0 Å². The molecule has 0 aliphatic carbocycles. The Morgan fingerprint density at radius 2 is 2.10 bits per heavy atom. The Bertz CT molecular complexity index is 634. The molecule has 0 radical (unpaired) electrons. The fourth-order valence-electron chi connectivity index (χ4n) is 1.86. The molecular formula is C14H15N3O3. The maximum Gasteiger partial charge on any atom is 0.354 e. The van der Waals surface area contributed by atoms with Crippen molar-refractivity contribution in [1.82, 2.24) is 9.55 Å². The molecule has 0 unspecified atom stereocenters. The molecule has 104 valence electrons. The first-order chi connectivity index (χ1) is 9.61. The van der Waals surface area contributed by atoms with Crippen LogP contribution in [0.15, 0.2) is 36.5 Å². The van der Waals surface area contributed by atoms with Crippen molar-refractivity contribution in [3.05, 3.63) is 47.9 Å². The lowest BCUT2D eigenvalue weighted by Crippen LogP contribution is -2.18. The van der Waals surface area contributed by atoms with Crippen LogP contribution in [0, 0.1) is 0 Å². The lowest BCUT2D eigenvalue weighted by molar-refractivity contribution is 0.0690. The third-order valence-electron chi connectivity index (χ3n) is 2.74. The van der Waals surface area contributed by atoms with Gasteiger partial charge in [-0.15, -0.1) is 0 Å². The number of nitrogens with zero attached hydrogens (tertiary/aromatic N) is 2. The van der Waals surface area contributed by atoms with E-state index < -0.39 is 5.97 Å². The van der Waals surface area contributed by atoms with E-state index in [4.69, 9.17) is 5.11 Å². The molecule has 2 aromatic rings. The Labute approximate surface area is 116 Å². The number of hydrogen-bond acceptors (Lipinski definition) is 3. The molecular weight excluding hydrogens is 258 g/mol. The zero-order valence-electron chi connectivity index (χ0n) is 11.0. The van der Waals surface area contributed by atoms with Crippen molar-refractivity contribution >= 4 is 17.7 Å².